The van der Waals surface area contributed by atoms with Crippen molar-refractivity contribution >= 4 is 17.1 Å². The van der Waals surface area contributed by atoms with Crippen LogP contribution >= 0.6 is 11.3 Å². The van der Waals surface area contributed by atoms with Crippen LogP contribution in [-0.2, 0) is 11.3 Å². The van der Waals surface area contributed by atoms with Crippen LogP contribution in [0, 0.1) is 6.92 Å². The van der Waals surface area contributed by atoms with Crippen LogP contribution in [0.1, 0.15) is 19.0 Å². The summed E-state index contributed by atoms with van der Waals surface area (Å²) in [6.45, 7) is 3.86. The molecule has 1 aromatic heterocycles. The number of carbonyl (C=O) groups is 1. The molecule has 3 nitrogen and oxygen atoms in total. The number of aromatic nitrogens is 1. The first-order valence-electron chi connectivity index (χ1n) is 3.81. The van der Waals surface area contributed by atoms with Gasteiger partial charge in [-0.05, 0) is 6.92 Å². The molecule has 0 aliphatic heterocycles. The van der Waals surface area contributed by atoms with E-state index in [1.807, 2.05) is 6.92 Å². The molecule has 0 aliphatic rings. The quantitative estimate of drug-likeness (QED) is 0.709. The fourth-order valence-corrected chi connectivity index (χ4v) is 1.62. The van der Waals surface area contributed by atoms with Crippen LogP contribution in [0.5, 0.6) is 0 Å². The monoisotopic (exact) mass is 185 g/mol. The van der Waals surface area contributed by atoms with Crippen LogP contribution in [0.3, 0.4) is 0 Å². The number of hydrogen-bond acceptors (Lipinski definition) is 3. The Kier molecular flexibility index (Phi) is 2.81. The molecule has 0 bridgehead atoms. The van der Waals surface area contributed by atoms with E-state index in [0.29, 0.717) is 6.42 Å². The Balaban J connectivity index is 2.88. The van der Waals surface area contributed by atoms with Crippen LogP contribution in [0.2, 0.25) is 0 Å². The van der Waals surface area contributed by atoms with Gasteiger partial charge in [0.25, 0.3) is 0 Å². The van der Waals surface area contributed by atoms with Gasteiger partial charge in [-0.2, -0.15) is 0 Å². The summed E-state index contributed by atoms with van der Waals surface area (Å²) in [4.78, 5) is 22.1. The van der Waals surface area contributed by atoms with Gasteiger partial charge in [-0.1, -0.05) is 18.3 Å². The number of nitrogens with zero attached hydrogens (tertiary/aromatic N) is 1. The van der Waals surface area contributed by atoms with Gasteiger partial charge in [-0.3, -0.25) is 14.2 Å². The number of hydrogen-bond donors (Lipinski definition) is 0. The summed E-state index contributed by atoms with van der Waals surface area (Å²) in [5.41, 5.74) is 0.867. The summed E-state index contributed by atoms with van der Waals surface area (Å²) in [7, 11) is 0. The molecule has 0 aliphatic carbocycles. The topological polar surface area (TPSA) is 39.1 Å². The second kappa shape index (κ2) is 3.67. The standard InChI is InChI=1S/C8H11NO2S/c1-3-7(10)4-9-6(2)5-12-8(9)11/h5H,3-4H2,1-2H3. The molecule has 0 amide bonds. The molecule has 0 saturated carbocycles. The summed E-state index contributed by atoms with van der Waals surface area (Å²) >= 11 is 1.14. The second-order valence-electron chi connectivity index (χ2n) is 2.62. The average Bonchev–Trinajstić information content (AvgIpc) is 2.35. The normalized spacial score (nSPS) is 10.2. The Morgan fingerprint density at radius 3 is 2.75 bits per heavy atom. The van der Waals surface area contributed by atoms with E-state index in [1.165, 1.54) is 4.57 Å². The molecular formula is C8H11NO2S. The van der Waals surface area contributed by atoms with Crippen LogP contribution in [-0.4, -0.2) is 10.4 Å². The van der Waals surface area contributed by atoms with E-state index in [-0.39, 0.29) is 17.2 Å². The molecule has 0 N–H and O–H groups in total. The second-order valence-corrected chi connectivity index (χ2v) is 3.44. The molecule has 1 heterocycles. The molecule has 1 rings (SSSR count). The molecule has 0 atom stereocenters. The molecule has 66 valence electrons. The first kappa shape index (κ1) is 9.19. The van der Waals surface area contributed by atoms with Gasteiger partial charge in [0.15, 0.2) is 5.78 Å². The zero-order valence-corrected chi connectivity index (χ0v) is 7.98. The van der Waals surface area contributed by atoms with Gasteiger partial charge in [0.2, 0.25) is 0 Å². The smallest absolute Gasteiger partial charge is 0.298 e. The minimum Gasteiger partial charge on any atom is -0.298 e. The van der Waals surface area contributed by atoms with Crippen molar-refractivity contribution in [1.82, 2.24) is 4.57 Å². The maximum Gasteiger partial charge on any atom is 0.307 e. The maximum atomic E-state index is 11.1. The SMILES string of the molecule is CCC(=O)Cn1c(C)csc1=O. The lowest BCUT2D eigenvalue weighted by Crippen LogP contribution is -2.19. The molecule has 0 fully saturated rings. The van der Waals surface area contributed by atoms with E-state index in [9.17, 15) is 9.59 Å². The zero-order chi connectivity index (χ0) is 9.14. The Morgan fingerprint density at radius 2 is 2.33 bits per heavy atom. The van der Waals surface area contributed by atoms with E-state index in [1.54, 1.807) is 12.3 Å². The molecule has 0 spiro atoms. The predicted octanol–water partition coefficient (Wildman–Crippen LogP) is 1.20. The van der Waals surface area contributed by atoms with Gasteiger partial charge < -0.3 is 0 Å². The third-order valence-electron chi connectivity index (χ3n) is 1.71. The van der Waals surface area contributed by atoms with Gasteiger partial charge in [-0.15, -0.1) is 0 Å². The van der Waals surface area contributed by atoms with Crippen molar-refractivity contribution in [2.24, 2.45) is 0 Å². The predicted molar refractivity (Wildman–Crippen MR) is 48.6 cm³/mol. The van der Waals surface area contributed by atoms with E-state index in [4.69, 9.17) is 0 Å². The highest BCUT2D eigenvalue weighted by atomic mass is 32.1. The highest BCUT2D eigenvalue weighted by molar-refractivity contribution is 7.07. The summed E-state index contributed by atoms with van der Waals surface area (Å²) in [6.07, 6.45) is 0.488. The first-order chi connectivity index (χ1) is 5.65. The third-order valence-corrected chi connectivity index (χ3v) is 2.59. The minimum absolute atomic E-state index is 0.0469. The van der Waals surface area contributed by atoms with Crippen LogP contribution in [0.15, 0.2) is 10.2 Å². The summed E-state index contributed by atoms with van der Waals surface area (Å²) < 4.78 is 1.51. The fourth-order valence-electron chi connectivity index (χ4n) is 0.884. The molecule has 12 heavy (non-hydrogen) atoms. The molecule has 0 unspecified atom stereocenters. The van der Waals surface area contributed by atoms with E-state index in [0.717, 1.165) is 17.0 Å². The summed E-state index contributed by atoms with van der Waals surface area (Å²) in [5, 5.41) is 1.77. The van der Waals surface area contributed by atoms with Crippen molar-refractivity contribution in [2.75, 3.05) is 0 Å². The van der Waals surface area contributed by atoms with E-state index < -0.39 is 0 Å². The van der Waals surface area contributed by atoms with Crippen LogP contribution < -0.4 is 4.87 Å². The number of aryl methyl sites for hydroxylation is 1. The van der Waals surface area contributed by atoms with Crippen molar-refractivity contribution in [2.45, 2.75) is 26.8 Å². The number of rotatable bonds is 3. The third kappa shape index (κ3) is 1.82. The molecule has 0 aromatic carbocycles. The Morgan fingerprint density at radius 1 is 1.67 bits per heavy atom. The molecule has 0 radical (unpaired) electrons. The van der Waals surface area contributed by atoms with Crippen molar-refractivity contribution in [3.8, 4) is 0 Å². The Hall–Kier alpha value is -0.900. The van der Waals surface area contributed by atoms with Gasteiger partial charge in [0, 0.05) is 17.5 Å². The van der Waals surface area contributed by atoms with Crippen molar-refractivity contribution in [1.29, 1.82) is 0 Å². The number of Topliss-reactive ketones (excluding diaryl/α,β-unsaturated/α-hetero) is 1. The fraction of sp³-hybridized carbons (Fsp3) is 0.500. The largest absolute Gasteiger partial charge is 0.307 e. The molecule has 4 heteroatoms. The van der Waals surface area contributed by atoms with Crippen molar-refractivity contribution in [3.63, 3.8) is 0 Å². The lowest BCUT2D eigenvalue weighted by molar-refractivity contribution is -0.119. The zero-order valence-electron chi connectivity index (χ0n) is 7.16. The van der Waals surface area contributed by atoms with Gasteiger partial charge in [0.05, 0.1) is 6.54 Å². The van der Waals surface area contributed by atoms with Crippen molar-refractivity contribution < 1.29 is 4.79 Å². The average molecular weight is 185 g/mol. The Labute approximate surface area is 74.6 Å². The summed E-state index contributed by atoms with van der Waals surface area (Å²) in [5.74, 6) is 0.0959. The maximum absolute atomic E-state index is 11.1. The van der Waals surface area contributed by atoms with Gasteiger partial charge >= 0.3 is 4.87 Å². The molecule has 0 saturated heterocycles. The number of ketones is 1. The first-order valence-corrected chi connectivity index (χ1v) is 4.69. The van der Waals surface area contributed by atoms with Gasteiger partial charge in [-0.25, -0.2) is 0 Å². The van der Waals surface area contributed by atoms with Gasteiger partial charge in [0.1, 0.15) is 0 Å². The van der Waals surface area contributed by atoms with Crippen LogP contribution in [0.25, 0.3) is 0 Å². The Bertz CT molecular complexity index is 337. The van der Waals surface area contributed by atoms with Crippen molar-refractivity contribution in [3.05, 3.63) is 20.7 Å². The highest BCUT2D eigenvalue weighted by Crippen LogP contribution is 1.99. The lowest BCUT2D eigenvalue weighted by atomic mass is 10.3. The lowest BCUT2D eigenvalue weighted by Gasteiger charge is -2.00. The van der Waals surface area contributed by atoms with E-state index >= 15 is 0 Å². The molecule has 1 aromatic rings. The number of thiazole rings is 1. The summed E-state index contributed by atoms with van der Waals surface area (Å²) in [6, 6.07) is 0. The highest BCUT2D eigenvalue weighted by Gasteiger charge is 2.05. The molecular weight excluding hydrogens is 174 g/mol. The van der Waals surface area contributed by atoms with E-state index in [2.05, 4.69) is 0 Å². The minimum atomic E-state index is -0.0469. The van der Waals surface area contributed by atoms with Crippen LogP contribution in [0.4, 0.5) is 0 Å². The number of carbonyl (C=O) groups excluding carboxylic acids is 1.